The number of carboxylic acids is 1. The van der Waals surface area contributed by atoms with Crippen molar-refractivity contribution in [3.63, 3.8) is 0 Å². The molecule has 0 aliphatic heterocycles. The number of carboxylic acid groups (broad SMARTS) is 1. The zero-order valence-corrected chi connectivity index (χ0v) is 23.2. The topological polar surface area (TPSA) is 173 Å². The fourth-order valence-electron chi connectivity index (χ4n) is 3.87. The summed E-state index contributed by atoms with van der Waals surface area (Å²) in [4.78, 5) is 35.4. The lowest BCUT2D eigenvalue weighted by Gasteiger charge is -2.17. The summed E-state index contributed by atoms with van der Waals surface area (Å²) in [6.07, 6.45) is 16.4. The van der Waals surface area contributed by atoms with Crippen molar-refractivity contribution in [3.8, 4) is 0 Å². The first-order chi connectivity index (χ1) is 17.8. The minimum atomic E-state index is -1.13. The molecule has 0 saturated heterocycles. The van der Waals surface area contributed by atoms with Gasteiger partial charge in [0.25, 0.3) is 0 Å². The summed E-state index contributed by atoms with van der Waals surface area (Å²) in [7, 11) is 0. The van der Waals surface area contributed by atoms with Crippen molar-refractivity contribution in [2.75, 3.05) is 39.5 Å². The van der Waals surface area contributed by atoms with E-state index in [1.54, 1.807) is 4.90 Å². The third-order valence-electron chi connectivity index (χ3n) is 6.07. The molecule has 0 aromatic carbocycles. The lowest BCUT2D eigenvalue weighted by molar-refractivity contribution is -0.142. The highest BCUT2D eigenvalue weighted by Gasteiger charge is 2.20. The van der Waals surface area contributed by atoms with Crippen LogP contribution in [0, 0.1) is 0 Å². The molecule has 2 amide bonds. The molecule has 0 aliphatic carbocycles. The van der Waals surface area contributed by atoms with Crippen LogP contribution < -0.4 is 11.1 Å². The Hall–Kier alpha value is -1.75. The first-order valence-corrected chi connectivity index (χ1v) is 14.2. The minimum Gasteiger partial charge on any atom is -0.480 e. The van der Waals surface area contributed by atoms with Gasteiger partial charge < -0.3 is 31.5 Å². The van der Waals surface area contributed by atoms with Gasteiger partial charge in [0.05, 0.1) is 19.8 Å². The van der Waals surface area contributed by atoms with E-state index in [1.807, 2.05) is 0 Å². The molecule has 0 heterocycles. The van der Waals surface area contributed by atoms with Crippen LogP contribution in [0.15, 0.2) is 0 Å². The zero-order valence-electron chi connectivity index (χ0n) is 23.2. The van der Waals surface area contributed by atoms with E-state index in [1.165, 1.54) is 64.2 Å². The number of aliphatic hydroxyl groups excluding tert-OH is 3. The van der Waals surface area contributed by atoms with E-state index in [4.69, 9.17) is 26.2 Å². The van der Waals surface area contributed by atoms with Gasteiger partial charge in [-0.2, -0.15) is 0 Å². The van der Waals surface area contributed by atoms with Gasteiger partial charge in [0.15, 0.2) is 0 Å². The van der Waals surface area contributed by atoms with E-state index in [0.717, 1.165) is 19.3 Å². The quantitative estimate of drug-likeness (QED) is 0.0971. The summed E-state index contributed by atoms with van der Waals surface area (Å²) >= 11 is 0. The van der Waals surface area contributed by atoms with E-state index < -0.39 is 17.9 Å². The highest BCUT2D eigenvalue weighted by atomic mass is 16.4. The number of aliphatic hydroxyl groups is 3. The molecule has 0 aromatic rings. The first-order valence-electron chi connectivity index (χ1n) is 14.2. The largest absolute Gasteiger partial charge is 0.480 e. The molecular formula is C27H55N3O7. The third kappa shape index (κ3) is 28.7. The second-order valence-electron chi connectivity index (χ2n) is 9.47. The van der Waals surface area contributed by atoms with Gasteiger partial charge in [-0.3, -0.25) is 14.5 Å². The van der Waals surface area contributed by atoms with Gasteiger partial charge in [0.1, 0.15) is 6.04 Å². The Morgan fingerprint density at radius 1 is 0.703 bits per heavy atom. The predicted molar refractivity (Wildman–Crippen MR) is 146 cm³/mol. The molecule has 0 bridgehead atoms. The van der Waals surface area contributed by atoms with Crippen molar-refractivity contribution >= 4 is 17.8 Å². The van der Waals surface area contributed by atoms with Gasteiger partial charge in [0.2, 0.25) is 11.8 Å². The molecule has 0 saturated carbocycles. The lowest BCUT2D eigenvalue weighted by Crippen LogP contribution is -2.41. The first kappa shape index (κ1) is 37.4. The van der Waals surface area contributed by atoms with E-state index in [-0.39, 0.29) is 38.6 Å². The maximum atomic E-state index is 11.8. The molecule has 1 atom stereocenters. The van der Waals surface area contributed by atoms with Crippen LogP contribution in [0.1, 0.15) is 110 Å². The number of hydrogen-bond acceptors (Lipinski definition) is 7. The molecule has 7 N–H and O–H groups in total. The number of aliphatic carboxylic acids is 1. The van der Waals surface area contributed by atoms with Crippen molar-refractivity contribution < 1.29 is 34.8 Å². The Labute approximate surface area is 224 Å². The normalized spacial score (nSPS) is 11.6. The van der Waals surface area contributed by atoms with Crippen molar-refractivity contribution in [1.82, 2.24) is 10.2 Å². The fourth-order valence-corrected chi connectivity index (χ4v) is 3.87. The lowest BCUT2D eigenvalue weighted by atomic mass is 10.0. The van der Waals surface area contributed by atoms with Crippen LogP contribution >= 0.6 is 0 Å². The van der Waals surface area contributed by atoms with E-state index in [9.17, 15) is 14.4 Å². The number of primary amides is 1. The van der Waals surface area contributed by atoms with Crippen molar-refractivity contribution in [3.05, 3.63) is 0 Å². The van der Waals surface area contributed by atoms with Crippen LogP contribution in [-0.4, -0.2) is 88.6 Å². The Kier molecular flexibility index (Phi) is 29.1. The number of hydrogen-bond donors (Lipinski definition) is 6. The summed E-state index contributed by atoms with van der Waals surface area (Å²) in [5.41, 5.74) is 5.02. The fraction of sp³-hybridized carbons (Fsp3) is 0.889. The van der Waals surface area contributed by atoms with Gasteiger partial charge >= 0.3 is 5.97 Å². The monoisotopic (exact) mass is 533 g/mol. The molecule has 10 heteroatoms. The highest BCUT2D eigenvalue weighted by molar-refractivity contribution is 5.84. The van der Waals surface area contributed by atoms with E-state index >= 15 is 0 Å². The molecule has 220 valence electrons. The molecule has 10 nitrogen and oxygen atoms in total. The summed E-state index contributed by atoms with van der Waals surface area (Å²) < 4.78 is 0. The summed E-state index contributed by atoms with van der Waals surface area (Å²) in [5, 5.41) is 37.0. The van der Waals surface area contributed by atoms with Gasteiger partial charge in [-0.05, 0) is 12.8 Å². The molecule has 0 radical (unpaired) electrons. The SMILES string of the molecule is CCCCCCCCCCCCCCCC(=O)N[C@@H](CCC(N)=O)C(=O)O.OCCN(CCO)CCO. The van der Waals surface area contributed by atoms with Crippen LogP contribution in [-0.2, 0) is 14.4 Å². The van der Waals surface area contributed by atoms with Gasteiger partial charge in [-0.25, -0.2) is 4.79 Å². The average molecular weight is 534 g/mol. The van der Waals surface area contributed by atoms with Crippen LogP contribution in [0.4, 0.5) is 0 Å². The van der Waals surface area contributed by atoms with Crippen LogP contribution in [0.2, 0.25) is 0 Å². The highest BCUT2D eigenvalue weighted by Crippen LogP contribution is 2.13. The standard InChI is InChI=1S/C21H40N2O4.C6H15NO3/c1-2-3-4-5-6-7-8-9-10-11-12-13-14-15-20(25)23-18(21(26)27)16-17-19(22)24;8-4-1-7(2-5-9)3-6-10/h18H,2-17H2,1H3,(H2,22,24)(H,23,25)(H,26,27);8-10H,1-6H2/t18-;/m0./s1. The molecule has 0 spiro atoms. The average Bonchev–Trinajstić information content (AvgIpc) is 2.85. The summed E-state index contributed by atoms with van der Waals surface area (Å²) in [6.45, 7) is 4.00. The second kappa shape index (κ2) is 28.8. The number of nitrogens with one attached hydrogen (secondary N) is 1. The van der Waals surface area contributed by atoms with Crippen molar-refractivity contribution in [1.29, 1.82) is 0 Å². The van der Waals surface area contributed by atoms with Crippen LogP contribution in [0.25, 0.3) is 0 Å². The molecule has 37 heavy (non-hydrogen) atoms. The number of nitrogens with two attached hydrogens (primary N) is 1. The molecule has 0 aliphatic rings. The van der Waals surface area contributed by atoms with Crippen LogP contribution in [0.5, 0.6) is 0 Å². The van der Waals surface area contributed by atoms with E-state index in [2.05, 4.69) is 12.2 Å². The van der Waals surface area contributed by atoms with Gasteiger partial charge in [-0.1, -0.05) is 84.0 Å². The Morgan fingerprint density at radius 3 is 1.46 bits per heavy atom. The zero-order chi connectivity index (χ0) is 28.2. The van der Waals surface area contributed by atoms with E-state index in [0.29, 0.717) is 26.1 Å². The Morgan fingerprint density at radius 2 is 1.11 bits per heavy atom. The maximum absolute atomic E-state index is 11.8. The van der Waals surface area contributed by atoms with Gasteiger partial charge in [0, 0.05) is 32.5 Å². The molecule has 0 fully saturated rings. The summed E-state index contributed by atoms with van der Waals surface area (Å²) in [5.74, 6) is -1.96. The number of amides is 2. The summed E-state index contributed by atoms with van der Waals surface area (Å²) in [6, 6.07) is -1.04. The smallest absolute Gasteiger partial charge is 0.326 e. The van der Waals surface area contributed by atoms with Crippen molar-refractivity contribution in [2.45, 2.75) is 116 Å². The number of unbranched alkanes of at least 4 members (excludes halogenated alkanes) is 12. The second-order valence-corrected chi connectivity index (χ2v) is 9.47. The maximum Gasteiger partial charge on any atom is 0.326 e. The number of carbonyl (C=O) groups is 3. The number of carbonyl (C=O) groups excluding carboxylic acids is 2. The molecular weight excluding hydrogens is 478 g/mol. The third-order valence-corrected chi connectivity index (χ3v) is 6.07. The molecule has 0 unspecified atom stereocenters. The Balaban J connectivity index is 0. The van der Waals surface area contributed by atoms with Gasteiger partial charge in [-0.15, -0.1) is 0 Å². The van der Waals surface area contributed by atoms with Crippen molar-refractivity contribution in [2.24, 2.45) is 5.73 Å². The Bertz CT molecular complexity index is 536. The number of rotatable bonds is 25. The predicted octanol–water partition coefficient (Wildman–Crippen LogP) is 2.57. The number of nitrogens with zero attached hydrogens (tertiary/aromatic N) is 1. The van der Waals surface area contributed by atoms with Crippen LogP contribution in [0.3, 0.4) is 0 Å². The molecule has 0 rings (SSSR count). The molecule has 0 aromatic heterocycles. The minimum absolute atomic E-state index is 0.0367.